The van der Waals surface area contributed by atoms with Crippen molar-refractivity contribution >= 4 is 0 Å². The smallest absolute Gasteiger partial charge is 0.0643 e. The van der Waals surface area contributed by atoms with Gasteiger partial charge in [0.15, 0.2) is 0 Å². The van der Waals surface area contributed by atoms with Gasteiger partial charge in [-0.3, -0.25) is 0 Å². The van der Waals surface area contributed by atoms with Gasteiger partial charge in [-0.2, -0.15) is 0 Å². The molecule has 0 aliphatic heterocycles. The first-order valence-electron chi connectivity index (χ1n) is 6.76. The third-order valence-corrected chi connectivity index (χ3v) is 3.26. The summed E-state index contributed by atoms with van der Waals surface area (Å²) in [4.78, 5) is 0. The lowest BCUT2D eigenvalue weighted by molar-refractivity contribution is 0.145. The van der Waals surface area contributed by atoms with Crippen LogP contribution >= 0.6 is 0 Å². The largest absolute Gasteiger partial charge is 0.396 e. The molecule has 0 fully saturated rings. The van der Waals surface area contributed by atoms with E-state index in [1.807, 2.05) is 36.4 Å². The normalized spacial score (nSPS) is 14.1. The highest BCUT2D eigenvalue weighted by Crippen LogP contribution is 2.24. The second-order valence-electron chi connectivity index (χ2n) is 4.67. The van der Waals surface area contributed by atoms with Crippen LogP contribution in [0.1, 0.15) is 43.6 Å². The number of aliphatic hydroxyl groups is 2. The lowest BCUT2D eigenvalue weighted by Crippen LogP contribution is -2.16. The fraction of sp³-hybridized carbons (Fsp3) is 0.500. The molecule has 0 amide bonds. The maximum atomic E-state index is 10.2. The molecule has 0 radical (unpaired) electrons. The summed E-state index contributed by atoms with van der Waals surface area (Å²) in [5, 5.41) is 18.9. The number of rotatable bonds is 9. The molecule has 1 rings (SSSR count). The van der Waals surface area contributed by atoms with E-state index in [0.29, 0.717) is 0 Å². The maximum absolute atomic E-state index is 10.2. The summed E-state index contributed by atoms with van der Waals surface area (Å²) in [6, 6.07) is 10.0. The summed E-state index contributed by atoms with van der Waals surface area (Å²) in [6.07, 6.45) is 6.21. The molecule has 1 aromatic rings. The Morgan fingerprint density at radius 2 is 1.72 bits per heavy atom. The monoisotopic (exact) mass is 248 g/mol. The van der Waals surface area contributed by atoms with Gasteiger partial charge in [-0.05, 0) is 18.4 Å². The van der Waals surface area contributed by atoms with Gasteiger partial charge < -0.3 is 10.2 Å². The molecule has 0 unspecified atom stereocenters. The summed E-state index contributed by atoms with van der Waals surface area (Å²) < 4.78 is 0. The molecule has 0 bridgehead atoms. The predicted molar refractivity (Wildman–Crippen MR) is 75.6 cm³/mol. The SMILES string of the molecule is C=C[C@H](c1ccccc1)[C@H](O)CCCCCCO. The van der Waals surface area contributed by atoms with Crippen LogP contribution in [0, 0.1) is 0 Å². The van der Waals surface area contributed by atoms with Crippen molar-refractivity contribution in [2.45, 2.75) is 44.1 Å². The molecule has 0 aliphatic carbocycles. The van der Waals surface area contributed by atoms with E-state index in [1.165, 1.54) is 0 Å². The Kier molecular flexibility index (Phi) is 7.38. The number of hydrogen-bond donors (Lipinski definition) is 2. The molecule has 0 saturated heterocycles. The molecule has 100 valence electrons. The summed E-state index contributed by atoms with van der Waals surface area (Å²) in [5.41, 5.74) is 1.12. The van der Waals surface area contributed by atoms with E-state index < -0.39 is 0 Å². The van der Waals surface area contributed by atoms with Crippen LogP contribution in [0.2, 0.25) is 0 Å². The van der Waals surface area contributed by atoms with Gasteiger partial charge in [-0.1, -0.05) is 55.7 Å². The van der Waals surface area contributed by atoms with Crippen molar-refractivity contribution in [2.75, 3.05) is 6.61 Å². The Morgan fingerprint density at radius 3 is 2.33 bits per heavy atom. The lowest BCUT2D eigenvalue weighted by Gasteiger charge is -2.20. The van der Waals surface area contributed by atoms with Gasteiger partial charge in [0, 0.05) is 12.5 Å². The van der Waals surface area contributed by atoms with Crippen LogP contribution in [0.15, 0.2) is 43.0 Å². The van der Waals surface area contributed by atoms with Crippen molar-refractivity contribution < 1.29 is 10.2 Å². The van der Waals surface area contributed by atoms with Crippen LogP contribution in [-0.4, -0.2) is 22.9 Å². The Bertz CT molecular complexity index is 321. The Morgan fingerprint density at radius 1 is 1.06 bits per heavy atom. The van der Waals surface area contributed by atoms with E-state index in [1.54, 1.807) is 0 Å². The average molecular weight is 248 g/mol. The van der Waals surface area contributed by atoms with Gasteiger partial charge in [0.05, 0.1) is 6.10 Å². The lowest BCUT2D eigenvalue weighted by atomic mass is 9.90. The van der Waals surface area contributed by atoms with Crippen molar-refractivity contribution in [3.05, 3.63) is 48.6 Å². The summed E-state index contributed by atoms with van der Waals surface area (Å²) in [6.45, 7) is 4.09. The number of hydrogen-bond acceptors (Lipinski definition) is 2. The fourth-order valence-corrected chi connectivity index (χ4v) is 2.19. The molecule has 0 heterocycles. The van der Waals surface area contributed by atoms with E-state index in [9.17, 15) is 5.11 Å². The molecule has 2 heteroatoms. The highest BCUT2D eigenvalue weighted by Gasteiger charge is 2.17. The molecule has 18 heavy (non-hydrogen) atoms. The molecule has 2 atom stereocenters. The second kappa shape index (κ2) is 8.90. The quantitative estimate of drug-likeness (QED) is 0.520. The number of unbranched alkanes of at least 4 members (excludes halogenated alkanes) is 3. The Balaban J connectivity index is 2.38. The number of benzene rings is 1. The minimum atomic E-state index is -0.362. The molecular formula is C16H24O2. The van der Waals surface area contributed by atoms with Crippen LogP contribution in [0.25, 0.3) is 0 Å². The van der Waals surface area contributed by atoms with E-state index in [2.05, 4.69) is 6.58 Å². The molecule has 0 spiro atoms. The average Bonchev–Trinajstić information content (AvgIpc) is 2.40. The van der Waals surface area contributed by atoms with Crippen LogP contribution in [0.5, 0.6) is 0 Å². The Hall–Kier alpha value is -1.12. The molecule has 0 aliphatic rings. The summed E-state index contributed by atoms with van der Waals surface area (Å²) in [5.74, 6) is 0.0176. The number of aliphatic hydroxyl groups excluding tert-OH is 2. The van der Waals surface area contributed by atoms with Crippen LogP contribution in [-0.2, 0) is 0 Å². The highest BCUT2D eigenvalue weighted by atomic mass is 16.3. The van der Waals surface area contributed by atoms with Crippen molar-refractivity contribution in [1.82, 2.24) is 0 Å². The zero-order chi connectivity index (χ0) is 13.2. The van der Waals surface area contributed by atoms with Crippen molar-refractivity contribution in [1.29, 1.82) is 0 Å². The third-order valence-electron chi connectivity index (χ3n) is 3.26. The van der Waals surface area contributed by atoms with Gasteiger partial charge in [0.2, 0.25) is 0 Å². The molecule has 0 aromatic heterocycles. The van der Waals surface area contributed by atoms with Crippen molar-refractivity contribution in [3.8, 4) is 0 Å². The first-order chi connectivity index (χ1) is 8.79. The highest BCUT2D eigenvalue weighted by molar-refractivity contribution is 5.24. The standard InChI is InChI=1S/C16H24O2/c1-2-15(14-10-6-5-7-11-14)16(18)12-8-3-4-9-13-17/h2,5-7,10-11,15-18H,1,3-4,8-9,12-13H2/t15-,16-/m1/s1. The minimum Gasteiger partial charge on any atom is -0.396 e. The topological polar surface area (TPSA) is 40.5 Å². The van der Waals surface area contributed by atoms with Gasteiger partial charge in [-0.15, -0.1) is 6.58 Å². The van der Waals surface area contributed by atoms with Gasteiger partial charge >= 0.3 is 0 Å². The third kappa shape index (κ3) is 5.03. The fourth-order valence-electron chi connectivity index (χ4n) is 2.19. The van der Waals surface area contributed by atoms with E-state index in [4.69, 9.17) is 5.11 Å². The van der Waals surface area contributed by atoms with Crippen molar-refractivity contribution in [3.63, 3.8) is 0 Å². The maximum Gasteiger partial charge on any atom is 0.0643 e. The molecule has 1 aromatic carbocycles. The summed E-state index contributed by atoms with van der Waals surface area (Å²) in [7, 11) is 0. The molecule has 2 N–H and O–H groups in total. The van der Waals surface area contributed by atoms with Crippen LogP contribution in [0.3, 0.4) is 0 Å². The van der Waals surface area contributed by atoms with Crippen LogP contribution < -0.4 is 0 Å². The van der Waals surface area contributed by atoms with Gasteiger partial charge in [-0.25, -0.2) is 0 Å². The van der Waals surface area contributed by atoms with Gasteiger partial charge in [0.1, 0.15) is 0 Å². The van der Waals surface area contributed by atoms with E-state index in [-0.39, 0.29) is 18.6 Å². The zero-order valence-corrected chi connectivity index (χ0v) is 11.0. The van der Waals surface area contributed by atoms with E-state index in [0.717, 1.165) is 37.7 Å². The first kappa shape index (κ1) is 14.9. The van der Waals surface area contributed by atoms with Crippen molar-refractivity contribution in [2.24, 2.45) is 0 Å². The molecule has 2 nitrogen and oxygen atoms in total. The zero-order valence-electron chi connectivity index (χ0n) is 11.0. The molecule has 0 saturated carbocycles. The van der Waals surface area contributed by atoms with Gasteiger partial charge in [0.25, 0.3) is 0 Å². The predicted octanol–water partition coefficient (Wildman–Crippen LogP) is 3.26. The Labute approximate surface area is 110 Å². The first-order valence-corrected chi connectivity index (χ1v) is 6.76. The van der Waals surface area contributed by atoms with Crippen LogP contribution in [0.4, 0.5) is 0 Å². The summed E-state index contributed by atoms with van der Waals surface area (Å²) >= 11 is 0. The molecular weight excluding hydrogens is 224 g/mol. The van der Waals surface area contributed by atoms with E-state index >= 15 is 0 Å². The second-order valence-corrected chi connectivity index (χ2v) is 4.67. The minimum absolute atomic E-state index is 0.0176.